The Morgan fingerprint density at radius 3 is 2.43 bits per heavy atom. The molecule has 2 aliphatic heterocycles. The molecule has 6 rings (SSSR count). The molecule has 10 nitrogen and oxygen atoms in total. The molecule has 4 amide bonds. The van der Waals surface area contributed by atoms with Crippen LogP contribution in [0.1, 0.15) is 18.1 Å². The van der Waals surface area contributed by atoms with Crippen molar-refractivity contribution >= 4 is 63.1 Å². The molecule has 3 aromatic carbocycles. The molecule has 2 N–H and O–H groups in total. The number of nitrogens with zero attached hydrogens (tertiary/aromatic N) is 2. The molecule has 1 fully saturated rings. The van der Waals surface area contributed by atoms with Gasteiger partial charge in [0.15, 0.2) is 11.5 Å². The number of carbonyl (C=O) groups excluding carboxylic acids is 4. The summed E-state index contributed by atoms with van der Waals surface area (Å²) < 4.78 is 12.5. The molecule has 42 heavy (non-hydrogen) atoms. The van der Waals surface area contributed by atoms with E-state index in [2.05, 4.69) is 10.6 Å². The van der Waals surface area contributed by atoms with E-state index in [1.54, 1.807) is 47.2 Å². The quantitative estimate of drug-likeness (QED) is 0.273. The summed E-state index contributed by atoms with van der Waals surface area (Å²) in [4.78, 5) is 52.5. The molecule has 0 unspecified atom stereocenters. The smallest absolute Gasteiger partial charge is 0.294 e. The van der Waals surface area contributed by atoms with Crippen molar-refractivity contribution in [3.63, 3.8) is 0 Å². The number of amides is 4. The average Bonchev–Trinajstić information content (AvgIpc) is 3.66. The first-order chi connectivity index (χ1) is 20.4. The largest absolute Gasteiger partial charge is 0.454 e. The Hall–Kier alpha value is -5.03. The molecule has 0 atom stereocenters. The number of anilines is 2. The molecule has 11 heteroatoms. The van der Waals surface area contributed by atoms with Crippen LogP contribution in [0.4, 0.5) is 16.2 Å². The van der Waals surface area contributed by atoms with E-state index in [9.17, 15) is 19.2 Å². The van der Waals surface area contributed by atoms with E-state index in [1.165, 1.54) is 0 Å². The number of imide groups is 1. The number of hydrogen-bond acceptors (Lipinski definition) is 7. The first-order valence-corrected chi connectivity index (χ1v) is 14.1. The van der Waals surface area contributed by atoms with Gasteiger partial charge in [0.2, 0.25) is 18.6 Å². The summed E-state index contributed by atoms with van der Waals surface area (Å²) >= 11 is 0.781. The fourth-order valence-electron chi connectivity index (χ4n) is 4.80. The lowest BCUT2D eigenvalue weighted by atomic mass is 10.1. The average molecular weight is 583 g/mol. The van der Waals surface area contributed by atoms with Crippen LogP contribution in [0.25, 0.3) is 17.0 Å². The van der Waals surface area contributed by atoms with Crippen molar-refractivity contribution in [2.24, 2.45) is 0 Å². The summed E-state index contributed by atoms with van der Waals surface area (Å²) in [6.45, 7) is 1.81. The monoisotopic (exact) mass is 582 g/mol. The van der Waals surface area contributed by atoms with Gasteiger partial charge >= 0.3 is 0 Å². The Morgan fingerprint density at radius 2 is 1.62 bits per heavy atom. The molecule has 0 bridgehead atoms. The van der Waals surface area contributed by atoms with Crippen LogP contribution in [-0.4, -0.2) is 45.8 Å². The van der Waals surface area contributed by atoms with Crippen molar-refractivity contribution in [2.45, 2.75) is 19.9 Å². The minimum atomic E-state index is -0.543. The molecule has 0 aliphatic carbocycles. The van der Waals surface area contributed by atoms with Gasteiger partial charge in [-0.2, -0.15) is 0 Å². The molecule has 212 valence electrons. The normalized spacial score (nSPS) is 15.1. The molecule has 3 heterocycles. The van der Waals surface area contributed by atoms with Gasteiger partial charge in [0.1, 0.15) is 13.1 Å². The number of rotatable bonds is 8. The van der Waals surface area contributed by atoms with E-state index < -0.39 is 17.1 Å². The van der Waals surface area contributed by atoms with Gasteiger partial charge in [-0.15, -0.1) is 0 Å². The Kier molecular flexibility index (Phi) is 7.41. The Bertz CT molecular complexity index is 1760. The van der Waals surface area contributed by atoms with E-state index in [-0.39, 0.29) is 30.7 Å². The van der Waals surface area contributed by atoms with Crippen molar-refractivity contribution in [2.75, 3.05) is 24.0 Å². The summed E-state index contributed by atoms with van der Waals surface area (Å²) in [5, 5.41) is 5.90. The molecule has 2 aliphatic rings. The molecule has 0 saturated carbocycles. The molecule has 0 radical (unpaired) electrons. The van der Waals surface area contributed by atoms with Gasteiger partial charge in [0, 0.05) is 40.1 Å². The second kappa shape index (κ2) is 11.5. The third-order valence-electron chi connectivity index (χ3n) is 6.90. The van der Waals surface area contributed by atoms with Gasteiger partial charge in [-0.3, -0.25) is 24.1 Å². The molecular weight excluding hydrogens is 556 g/mol. The molecule has 1 saturated heterocycles. The Balaban J connectivity index is 1.16. The number of aromatic nitrogens is 1. The fraction of sp³-hybridized carbons (Fsp3) is 0.161. The number of para-hydroxylation sites is 1. The lowest BCUT2D eigenvalue weighted by Gasteiger charge is -2.12. The van der Waals surface area contributed by atoms with Gasteiger partial charge in [-0.1, -0.05) is 37.3 Å². The highest BCUT2D eigenvalue weighted by Crippen LogP contribution is 2.35. The maximum Gasteiger partial charge on any atom is 0.294 e. The van der Waals surface area contributed by atoms with Gasteiger partial charge in [-0.05, 0) is 60.2 Å². The van der Waals surface area contributed by atoms with Gasteiger partial charge < -0.3 is 24.7 Å². The third-order valence-corrected chi connectivity index (χ3v) is 7.80. The van der Waals surface area contributed by atoms with Crippen LogP contribution in [0.3, 0.4) is 0 Å². The van der Waals surface area contributed by atoms with E-state index in [0.29, 0.717) is 28.4 Å². The number of ether oxygens (including phenoxy) is 2. The van der Waals surface area contributed by atoms with Crippen molar-refractivity contribution < 1.29 is 28.7 Å². The summed E-state index contributed by atoms with van der Waals surface area (Å²) in [6, 6.07) is 20.1. The highest BCUT2D eigenvalue weighted by atomic mass is 32.2. The predicted molar refractivity (Wildman–Crippen MR) is 160 cm³/mol. The highest BCUT2D eigenvalue weighted by molar-refractivity contribution is 8.18. The zero-order chi connectivity index (χ0) is 29.2. The van der Waals surface area contributed by atoms with E-state index >= 15 is 0 Å². The molecule has 1 aromatic heterocycles. The number of hydrogen-bond donors (Lipinski definition) is 2. The first-order valence-electron chi connectivity index (χ1n) is 13.3. The predicted octanol–water partition coefficient (Wildman–Crippen LogP) is 5.25. The minimum absolute atomic E-state index is 0.0175. The molecule has 4 aromatic rings. The lowest BCUT2D eigenvalue weighted by Crippen LogP contribution is -2.36. The van der Waals surface area contributed by atoms with Crippen molar-refractivity contribution in [1.29, 1.82) is 0 Å². The van der Waals surface area contributed by atoms with Crippen molar-refractivity contribution in [1.82, 2.24) is 9.47 Å². The van der Waals surface area contributed by atoms with Crippen molar-refractivity contribution in [3.05, 3.63) is 89.0 Å². The van der Waals surface area contributed by atoms with Crippen LogP contribution < -0.4 is 20.1 Å². The summed E-state index contributed by atoms with van der Waals surface area (Å²) in [5.41, 5.74) is 3.77. The van der Waals surface area contributed by atoms with E-state index in [1.807, 2.05) is 43.3 Å². The second-order valence-corrected chi connectivity index (χ2v) is 10.7. The number of nitrogens with one attached hydrogen (secondary N) is 2. The topological polar surface area (TPSA) is 119 Å². The number of carbonyl (C=O) groups is 4. The van der Waals surface area contributed by atoms with Gasteiger partial charge in [0.25, 0.3) is 11.1 Å². The number of fused-ring (bicyclic) bond motifs is 2. The standard InChI is InChI=1S/C31H26N4O6S/c1-2-19-7-9-21(10-8-19)32-29(37)17-35-30(38)27(42-31(35)39)13-20-15-34(24-6-4-3-5-23(20)24)16-28(36)33-22-11-12-25-26(14-22)41-18-40-25/h3-15H,2,16-18H2,1H3,(H,32,37)(H,33,36)/b27-13-. The second-order valence-electron chi connectivity index (χ2n) is 9.71. The number of benzene rings is 3. The Labute approximate surface area is 245 Å². The van der Waals surface area contributed by atoms with Gasteiger partial charge in [0.05, 0.1) is 4.91 Å². The number of thioether (sulfide) groups is 1. The van der Waals surface area contributed by atoms with Crippen LogP contribution in [0.15, 0.2) is 77.8 Å². The lowest BCUT2D eigenvalue weighted by molar-refractivity contribution is -0.127. The molecular formula is C31H26N4O6S. The molecule has 0 spiro atoms. The third kappa shape index (κ3) is 5.59. The highest BCUT2D eigenvalue weighted by Gasteiger charge is 2.36. The first kappa shape index (κ1) is 27.2. The summed E-state index contributed by atoms with van der Waals surface area (Å²) in [7, 11) is 0. The van der Waals surface area contributed by atoms with Crippen LogP contribution in [0, 0.1) is 0 Å². The Morgan fingerprint density at radius 1 is 0.905 bits per heavy atom. The number of aryl methyl sites for hydroxylation is 1. The van der Waals surface area contributed by atoms with E-state index in [0.717, 1.165) is 39.5 Å². The summed E-state index contributed by atoms with van der Waals surface area (Å²) in [5.74, 6) is -0.0667. The maximum atomic E-state index is 13.1. The van der Waals surface area contributed by atoms with E-state index in [4.69, 9.17) is 9.47 Å². The maximum absolute atomic E-state index is 13.1. The summed E-state index contributed by atoms with van der Waals surface area (Å²) in [6.07, 6.45) is 4.27. The zero-order valence-corrected chi connectivity index (χ0v) is 23.4. The van der Waals surface area contributed by atoms with Crippen LogP contribution in [0.2, 0.25) is 0 Å². The van der Waals surface area contributed by atoms with Crippen molar-refractivity contribution in [3.8, 4) is 11.5 Å². The SMILES string of the molecule is CCc1ccc(NC(=O)CN2C(=O)S/C(=C\c3cn(CC(=O)Nc4ccc5c(c4)OCO5)c4ccccc34)C2=O)cc1. The van der Waals surface area contributed by atoms with Crippen LogP contribution >= 0.6 is 11.8 Å². The fourth-order valence-corrected chi connectivity index (χ4v) is 5.63. The zero-order valence-electron chi connectivity index (χ0n) is 22.6. The van der Waals surface area contributed by atoms with Crippen LogP contribution in [0.5, 0.6) is 11.5 Å². The van der Waals surface area contributed by atoms with Gasteiger partial charge in [-0.25, -0.2) is 0 Å². The minimum Gasteiger partial charge on any atom is -0.454 e. The van der Waals surface area contributed by atoms with Crippen LogP contribution in [-0.2, 0) is 27.3 Å².